The predicted molar refractivity (Wildman–Crippen MR) is 107 cm³/mol. The number of hydrogen-bond donors (Lipinski definition) is 3. The van der Waals surface area contributed by atoms with Gasteiger partial charge >= 0.3 is 0 Å². The lowest BCUT2D eigenvalue weighted by atomic mass is 9.90. The van der Waals surface area contributed by atoms with Crippen molar-refractivity contribution in [1.29, 1.82) is 0 Å². The smallest absolute Gasteiger partial charge is 0.130 e. The summed E-state index contributed by atoms with van der Waals surface area (Å²) < 4.78 is 17.8. The largest absolute Gasteiger partial charge is 0.496 e. The molecule has 0 spiro atoms. The molecule has 5 N–H and O–H groups in total. The van der Waals surface area contributed by atoms with E-state index in [0.29, 0.717) is 30.4 Å². The summed E-state index contributed by atoms with van der Waals surface area (Å²) in [6, 6.07) is 13.4. The Morgan fingerprint density at radius 1 is 1.11 bits per heavy atom. The van der Waals surface area contributed by atoms with E-state index in [0.717, 1.165) is 24.0 Å². The van der Waals surface area contributed by atoms with Crippen molar-refractivity contribution in [3.63, 3.8) is 0 Å². The second kappa shape index (κ2) is 7.99. The molecule has 0 bridgehead atoms. The molecule has 0 amide bonds. The van der Waals surface area contributed by atoms with Crippen molar-refractivity contribution in [2.75, 3.05) is 20.3 Å². The van der Waals surface area contributed by atoms with Crippen molar-refractivity contribution < 1.29 is 19.3 Å². The fourth-order valence-corrected chi connectivity index (χ4v) is 4.50. The van der Waals surface area contributed by atoms with Gasteiger partial charge in [-0.1, -0.05) is 30.3 Å². The average molecular weight is 384 g/mol. The van der Waals surface area contributed by atoms with E-state index in [1.165, 1.54) is 0 Å². The Labute approximate surface area is 165 Å². The van der Waals surface area contributed by atoms with Crippen molar-refractivity contribution in [2.45, 2.75) is 42.9 Å². The minimum absolute atomic E-state index is 0.0905. The molecule has 5 atom stereocenters. The average Bonchev–Trinajstić information content (AvgIpc) is 3.20. The molecule has 1 saturated carbocycles. The number of hydrogen-bond acceptors (Lipinski definition) is 6. The molecule has 2 aromatic rings. The summed E-state index contributed by atoms with van der Waals surface area (Å²) in [4.78, 5) is 0. The van der Waals surface area contributed by atoms with E-state index in [4.69, 9.17) is 25.7 Å². The van der Waals surface area contributed by atoms with Gasteiger partial charge in [-0.05, 0) is 24.9 Å². The Balaban J connectivity index is 1.64. The summed E-state index contributed by atoms with van der Waals surface area (Å²) in [6.45, 7) is 1.24. The first-order chi connectivity index (χ1) is 13.7. The Kier molecular flexibility index (Phi) is 5.44. The van der Waals surface area contributed by atoms with Crippen molar-refractivity contribution >= 4 is 0 Å². The third kappa shape index (κ3) is 3.21. The van der Waals surface area contributed by atoms with Crippen LogP contribution in [-0.2, 0) is 0 Å². The Bertz CT molecular complexity index is 814. The van der Waals surface area contributed by atoms with Crippen LogP contribution in [0.4, 0.5) is 0 Å². The number of rotatable bonds is 7. The van der Waals surface area contributed by atoms with E-state index in [2.05, 4.69) is 0 Å². The van der Waals surface area contributed by atoms with Crippen LogP contribution in [0.2, 0.25) is 0 Å². The van der Waals surface area contributed by atoms with E-state index in [9.17, 15) is 5.11 Å². The lowest BCUT2D eigenvalue weighted by Gasteiger charge is -2.23. The van der Waals surface area contributed by atoms with Crippen molar-refractivity contribution in [3.05, 3.63) is 53.6 Å². The molecular weight excluding hydrogens is 356 g/mol. The summed E-state index contributed by atoms with van der Waals surface area (Å²) in [7, 11) is 1.62. The number of unbranched alkanes of at least 4 members (excludes halogenated alkanes) is 1. The van der Waals surface area contributed by atoms with Crippen molar-refractivity contribution in [1.82, 2.24) is 0 Å². The topological polar surface area (TPSA) is 100.0 Å². The summed E-state index contributed by atoms with van der Waals surface area (Å²) in [5, 5.41) is 10.9. The zero-order chi connectivity index (χ0) is 19.7. The standard InChI is InChI=1S/C22H28N2O4/c1-26-15-11-14(27-10-6-5-9-23)12-16-18(15)19-21(25)20(24)17(22(19)28-16)13-7-3-2-4-8-13/h2-4,7-8,11-12,17,19-22,25H,5-6,9-10,23-24H2,1H3/t17-,19?,20?,21?,22?/m1/s1. The van der Waals surface area contributed by atoms with Crippen molar-refractivity contribution in [2.24, 2.45) is 11.5 Å². The number of aliphatic hydroxyl groups is 1. The van der Waals surface area contributed by atoms with Crippen molar-refractivity contribution in [3.8, 4) is 17.2 Å². The number of fused-ring (bicyclic) bond motifs is 3. The summed E-state index contributed by atoms with van der Waals surface area (Å²) in [6.07, 6.45) is 0.877. The summed E-state index contributed by atoms with van der Waals surface area (Å²) in [5.41, 5.74) is 13.9. The van der Waals surface area contributed by atoms with Gasteiger partial charge in [-0.25, -0.2) is 0 Å². The number of aliphatic hydroxyl groups excluding tert-OH is 1. The van der Waals surface area contributed by atoms with Gasteiger partial charge in [0.15, 0.2) is 0 Å². The highest BCUT2D eigenvalue weighted by Crippen LogP contribution is 2.56. The van der Waals surface area contributed by atoms with Crippen LogP contribution >= 0.6 is 0 Å². The molecule has 150 valence electrons. The molecule has 6 nitrogen and oxygen atoms in total. The second-order valence-corrected chi connectivity index (χ2v) is 7.49. The van der Waals surface area contributed by atoms with Gasteiger partial charge in [-0.15, -0.1) is 0 Å². The maximum absolute atomic E-state index is 10.9. The minimum Gasteiger partial charge on any atom is -0.496 e. The predicted octanol–water partition coefficient (Wildman–Crippen LogP) is 2.14. The third-order valence-electron chi connectivity index (χ3n) is 5.83. The number of nitrogens with two attached hydrogens (primary N) is 2. The number of methoxy groups -OCH3 is 1. The zero-order valence-electron chi connectivity index (χ0n) is 16.1. The fourth-order valence-electron chi connectivity index (χ4n) is 4.50. The van der Waals surface area contributed by atoms with Crippen LogP contribution < -0.4 is 25.7 Å². The van der Waals surface area contributed by atoms with Crippen LogP contribution in [0.25, 0.3) is 0 Å². The van der Waals surface area contributed by atoms with Gasteiger partial charge in [0.05, 0.1) is 25.7 Å². The molecular formula is C22H28N2O4. The van der Waals surface area contributed by atoms with Gasteiger partial charge < -0.3 is 30.8 Å². The van der Waals surface area contributed by atoms with E-state index >= 15 is 0 Å². The third-order valence-corrected chi connectivity index (χ3v) is 5.83. The molecule has 4 unspecified atom stereocenters. The van der Waals surface area contributed by atoms with Gasteiger partial charge in [0, 0.05) is 29.7 Å². The van der Waals surface area contributed by atoms with Gasteiger partial charge in [-0.2, -0.15) is 0 Å². The molecule has 1 aliphatic carbocycles. The molecule has 0 aromatic heterocycles. The minimum atomic E-state index is -0.707. The lowest BCUT2D eigenvalue weighted by Crippen LogP contribution is -2.36. The highest BCUT2D eigenvalue weighted by atomic mass is 16.5. The van der Waals surface area contributed by atoms with Crippen LogP contribution in [0.3, 0.4) is 0 Å². The van der Waals surface area contributed by atoms with Crippen LogP contribution in [0, 0.1) is 0 Å². The lowest BCUT2D eigenvalue weighted by molar-refractivity contribution is 0.133. The summed E-state index contributed by atoms with van der Waals surface area (Å²) in [5.74, 6) is 1.75. The summed E-state index contributed by atoms with van der Waals surface area (Å²) >= 11 is 0. The monoisotopic (exact) mass is 384 g/mol. The van der Waals surface area contributed by atoms with Gasteiger partial charge in [0.1, 0.15) is 23.4 Å². The second-order valence-electron chi connectivity index (χ2n) is 7.49. The van der Waals surface area contributed by atoms with Gasteiger partial charge in [0.2, 0.25) is 0 Å². The normalized spacial score (nSPS) is 27.8. The molecule has 28 heavy (non-hydrogen) atoms. The molecule has 4 rings (SSSR count). The first kappa shape index (κ1) is 19.1. The molecule has 1 aliphatic heterocycles. The van der Waals surface area contributed by atoms with E-state index in [-0.39, 0.29) is 17.9 Å². The highest BCUT2D eigenvalue weighted by Gasteiger charge is 2.56. The molecule has 1 fully saturated rings. The molecule has 0 radical (unpaired) electrons. The molecule has 2 aromatic carbocycles. The maximum atomic E-state index is 10.9. The first-order valence-corrected chi connectivity index (χ1v) is 9.85. The molecule has 2 aliphatic rings. The molecule has 6 heteroatoms. The van der Waals surface area contributed by atoms with Gasteiger partial charge in [-0.3, -0.25) is 0 Å². The SMILES string of the molecule is COc1cc(OCCCCN)cc2c1C1C(O)C(N)[C@@H](c3ccccc3)C1O2. The zero-order valence-corrected chi connectivity index (χ0v) is 16.1. The van der Waals surface area contributed by atoms with E-state index < -0.39 is 12.1 Å². The number of benzene rings is 2. The molecule has 0 saturated heterocycles. The first-order valence-electron chi connectivity index (χ1n) is 9.85. The fraction of sp³-hybridized carbons (Fsp3) is 0.455. The van der Waals surface area contributed by atoms with E-state index in [1.807, 2.05) is 42.5 Å². The van der Waals surface area contributed by atoms with Crippen LogP contribution in [0.1, 0.15) is 35.8 Å². The molecule has 1 heterocycles. The Hall–Kier alpha value is -2.28. The Morgan fingerprint density at radius 3 is 2.61 bits per heavy atom. The van der Waals surface area contributed by atoms with Crippen LogP contribution in [0.15, 0.2) is 42.5 Å². The Morgan fingerprint density at radius 2 is 1.89 bits per heavy atom. The van der Waals surface area contributed by atoms with E-state index in [1.54, 1.807) is 7.11 Å². The quantitative estimate of drug-likeness (QED) is 0.633. The van der Waals surface area contributed by atoms with Gasteiger partial charge in [0.25, 0.3) is 0 Å². The van der Waals surface area contributed by atoms with Crippen LogP contribution in [0.5, 0.6) is 17.2 Å². The van der Waals surface area contributed by atoms with Crippen LogP contribution in [-0.4, -0.2) is 43.6 Å². The highest BCUT2D eigenvalue weighted by molar-refractivity contribution is 5.57. The number of ether oxygens (including phenoxy) is 3. The maximum Gasteiger partial charge on any atom is 0.130 e.